The van der Waals surface area contributed by atoms with E-state index in [-0.39, 0.29) is 10.9 Å². The van der Waals surface area contributed by atoms with Crippen LogP contribution in [0, 0.1) is 11.8 Å². The standard InChI is InChI=1S/C13H18BrN3O2S/c1-15-13-11(6-10(14)7-16-13)20(18,19)17-12(8-2-3-8)9-4-5-9/h6-9,12,17H,2-5H2,1H3,(H,15,16). The van der Waals surface area contributed by atoms with Crippen LogP contribution in [0.25, 0.3) is 0 Å². The second-order valence-corrected chi connectivity index (χ2v) is 8.17. The highest BCUT2D eigenvalue weighted by Gasteiger charge is 2.43. The Balaban J connectivity index is 1.88. The first-order chi connectivity index (χ1) is 9.51. The van der Waals surface area contributed by atoms with Gasteiger partial charge >= 0.3 is 0 Å². The minimum absolute atomic E-state index is 0.101. The van der Waals surface area contributed by atoms with Crippen molar-refractivity contribution < 1.29 is 8.42 Å². The molecule has 0 saturated heterocycles. The molecule has 0 aliphatic heterocycles. The topological polar surface area (TPSA) is 71.1 Å². The van der Waals surface area contributed by atoms with Gasteiger partial charge < -0.3 is 5.32 Å². The Hall–Kier alpha value is -0.660. The largest absolute Gasteiger partial charge is 0.372 e. The third-order valence-corrected chi connectivity index (χ3v) is 5.80. The zero-order chi connectivity index (χ0) is 14.3. The maximum Gasteiger partial charge on any atom is 0.244 e. The predicted octanol–water partition coefficient (Wildman–Crippen LogP) is 2.35. The van der Waals surface area contributed by atoms with E-state index < -0.39 is 10.0 Å². The third-order valence-electron chi connectivity index (χ3n) is 3.90. The molecule has 20 heavy (non-hydrogen) atoms. The summed E-state index contributed by atoms with van der Waals surface area (Å²) in [4.78, 5) is 4.32. The summed E-state index contributed by atoms with van der Waals surface area (Å²) >= 11 is 3.28. The van der Waals surface area contributed by atoms with Gasteiger partial charge in [-0.15, -0.1) is 0 Å². The lowest BCUT2D eigenvalue weighted by Gasteiger charge is -2.19. The van der Waals surface area contributed by atoms with Crippen LogP contribution in [0.4, 0.5) is 5.82 Å². The van der Waals surface area contributed by atoms with Crippen LogP contribution in [0.5, 0.6) is 0 Å². The van der Waals surface area contributed by atoms with Gasteiger partial charge in [0.2, 0.25) is 10.0 Å². The van der Waals surface area contributed by atoms with E-state index in [0.717, 1.165) is 25.7 Å². The summed E-state index contributed by atoms with van der Waals surface area (Å²) in [6, 6.07) is 1.70. The van der Waals surface area contributed by atoms with E-state index >= 15 is 0 Å². The number of hydrogen-bond acceptors (Lipinski definition) is 4. The Morgan fingerprint density at radius 3 is 2.40 bits per heavy atom. The molecule has 2 saturated carbocycles. The van der Waals surface area contributed by atoms with Gasteiger partial charge in [-0.2, -0.15) is 0 Å². The summed E-state index contributed by atoms with van der Waals surface area (Å²) < 4.78 is 28.8. The van der Waals surface area contributed by atoms with Crippen LogP contribution >= 0.6 is 15.9 Å². The lowest BCUT2D eigenvalue weighted by atomic mass is 10.1. The number of hydrogen-bond donors (Lipinski definition) is 2. The summed E-state index contributed by atoms with van der Waals surface area (Å²) in [7, 11) is -1.86. The monoisotopic (exact) mass is 359 g/mol. The highest BCUT2D eigenvalue weighted by Crippen LogP contribution is 2.45. The van der Waals surface area contributed by atoms with Crippen LogP contribution in [0.1, 0.15) is 25.7 Å². The van der Waals surface area contributed by atoms with E-state index in [0.29, 0.717) is 22.1 Å². The van der Waals surface area contributed by atoms with Gasteiger partial charge in [0.05, 0.1) is 0 Å². The van der Waals surface area contributed by atoms with Gasteiger partial charge in [0, 0.05) is 23.8 Å². The maximum absolute atomic E-state index is 12.6. The van der Waals surface area contributed by atoms with E-state index in [1.807, 2.05) is 0 Å². The molecular formula is C13H18BrN3O2S. The van der Waals surface area contributed by atoms with Crippen molar-refractivity contribution in [3.05, 3.63) is 16.7 Å². The average molecular weight is 360 g/mol. The molecule has 2 N–H and O–H groups in total. The number of pyridine rings is 1. The van der Waals surface area contributed by atoms with E-state index in [2.05, 4.69) is 31.0 Å². The molecular weight excluding hydrogens is 342 g/mol. The van der Waals surface area contributed by atoms with Gasteiger partial charge in [-0.25, -0.2) is 18.1 Å². The molecule has 1 aromatic rings. The normalized spacial score (nSPS) is 19.4. The second-order valence-electron chi connectivity index (χ2n) is 5.57. The van der Waals surface area contributed by atoms with E-state index in [1.54, 1.807) is 19.3 Å². The molecule has 0 atom stereocenters. The number of halogens is 1. The number of nitrogens with zero attached hydrogens (tertiary/aromatic N) is 1. The quantitative estimate of drug-likeness (QED) is 0.817. The first-order valence-electron chi connectivity index (χ1n) is 6.87. The van der Waals surface area contributed by atoms with Crippen LogP contribution in [0.2, 0.25) is 0 Å². The second kappa shape index (κ2) is 5.27. The Labute approximate surface area is 127 Å². The number of sulfonamides is 1. The molecule has 0 spiro atoms. The van der Waals surface area contributed by atoms with Crippen molar-refractivity contribution in [2.45, 2.75) is 36.6 Å². The lowest BCUT2D eigenvalue weighted by Crippen LogP contribution is -2.38. The van der Waals surface area contributed by atoms with Crippen LogP contribution in [0.15, 0.2) is 21.6 Å². The average Bonchev–Trinajstić information content (AvgIpc) is 3.29. The molecule has 5 nitrogen and oxygen atoms in total. The fraction of sp³-hybridized carbons (Fsp3) is 0.615. The van der Waals surface area contributed by atoms with E-state index in [1.165, 1.54) is 0 Å². The molecule has 110 valence electrons. The van der Waals surface area contributed by atoms with Gasteiger partial charge in [-0.3, -0.25) is 0 Å². The highest BCUT2D eigenvalue weighted by atomic mass is 79.9. The van der Waals surface area contributed by atoms with Gasteiger partial charge in [0.1, 0.15) is 10.7 Å². The Bertz CT molecular complexity index is 600. The summed E-state index contributed by atoms with van der Waals surface area (Å²) in [6.07, 6.45) is 6.14. The van der Waals surface area contributed by atoms with Gasteiger partial charge in [0.25, 0.3) is 0 Å². The number of nitrogens with one attached hydrogen (secondary N) is 2. The van der Waals surface area contributed by atoms with Gasteiger partial charge in [0.15, 0.2) is 0 Å². The van der Waals surface area contributed by atoms with Crippen LogP contribution in [-0.2, 0) is 10.0 Å². The number of anilines is 1. The molecule has 2 fully saturated rings. The van der Waals surface area contributed by atoms with Crippen molar-refractivity contribution in [1.29, 1.82) is 0 Å². The predicted molar refractivity (Wildman–Crippen MR) is 81.0 cm³/mol. The maximum atomic E-state index is 12.6. The smallest absolute Gasteiger partial charge is 0.244 e. The molecule has 7 heteroatoms. The minimum Gasteiger partial charge on any atom is -0.372 e. The Kier molecular flexibility index (Phi) is 3.77. The zero-order valence-electron chi connectivity index (χ0n) is 11.3. The van der Waals surface area contributed by atoms with E-state index in [9.17, 15) is 8.42 Å². The highest BCUT2D eigenvalue weighted by molar-refractivity contribution is 9.10. The van der Waals surface area contributed by atoms with Crippen LogP contribution in [0.3, 0.4) is 0 Å². The molecule has 0 bridgehead atoms. The fourth-order valence-corrected chi connectivity index (χ4v) is 4.59. The fourth-order valence-electron chi connectivity index (χ4n) is 2.54. The molecule has 3 rings (SSSR count). The number of aromatic nitrogens is 1. The molecule has 0 aromatic carbocycles. The van der Waals surface area contributed by atoms with Crippen LogP contribution < -0.4 is 10.0 Å². The van der Waals surface area contributed by atoms with Crippen LogP contribution in [-0.4, -0.2) is 26.5 Å². The van der Waals surface area contributed by atoms with E-state index in [4.69, 9.17) is 0 Å². The third kappa shape index (κ3) is 2.99. The summed E-state index contributed by atoms with van der Waals surface area (Å²) in [6.45, 7) is 0. The Morgan fingerprint density at radius 2 is 1.90 bits per heavy atom. The molecule has 0 radical (unpaired) electrons. The van der Waals surface area contributed by atoms with Crippen molar-refractivity contribution in [3.63, 3.8) is 0 Å². The summed E-state index contributed by atoms with van der Waals surface area (Å²) in [5.41, 5.74) is 0. The first-order valence-corrected chi connectivity index (χ1v) is 9.14. The molecule has 0 amide bonds. The zero-order valence-corrected chi connectivity index (χ0v) is 13.7. The molecule has 1 aromatic heterocycles. The molecule has 0 unspecified atom stereocenters. The first kappa shape index (κ1) is 14.3. The molecule has 1 heterocycles. The summed E-state index contributed by atoms with van der Waals surface area (Å²) in [5, 5.41) is 2.84. The summed E-state index contributed by atoms with van der Waals surface area (Å²) in [5.74, 6) is 1.43. The molecule has 2 aliphatic carbocycles. The van der Waals surface area contributed by atoms with Gasteiger partial charge in [-0.05, 0) is 59.5 Å². The lowest BCUT2D eigenvalue weighted by molar-refractivity contribution is 0.471. The minimum atomic E-state index is -3.54. The SMILES string of the molecule is CNc1ncc(Br)cc1S(=O)(=O)NC(C1CC1)C1CC1. The van der Waals surface area contributed by atoms with Crippen molar-refractivity contribution in [2.75, 3.05) is 12.4 Å². The van der Waals surface area contributed by atoms with Crippen molar-refractivity contribution >= 4 is 31.8 Å². The van der Waals surface area contributed by atoms with Crippen molar-refractivity contribution in [2.24, 2.45) is 11.8 Å². The number of rotatable bonds is 6. The van der Waals surface area contributed by atoms with Crippen molar-refractivity contribution in [1.82, 2.24) is 9.71 Å². The van der Waals surface area contributed by atoms with Crippen molar-refractivity contribution in [3.8, 4) is 0 Å². The molecule has 2 aliphatic rings. The Morgan fingerprint density at radius 1 is 1.30 bits per heavy atom. The van der Waals surface area contributed by atoms with Gasteiger partial charge in [-0.1, -0.05) is 0 Å².